The van der Waals surface area contributed by atoms with Crippen molar-refractivity contribution >= 4 is 5.91 Å². The fraction of sp³-hybridized carbons (Fsp3) is 0.450. The molecule has 0 radical (unpaired) electrons. The maximum Gasteiger partial charge on any atom is 0.289 e. The molecule has 1 N–H and O–H groups in total. The highest BCUT2D eigenvalue weighted by atomic mass is 16.7. The number of fused-ring (bicyclic) bond motifs is 1. The van der Waals surface area contributed by atoms with Crippen LogP contribution in [0.25, 0.3) is 0 Å². The first kappa shape index (κ1) is 18.8. The third-order valence-electron chi connectivity index (χ3n) is 4.88. The van der Waals surface area contributed by atoms with E-state index in [2.05, 4.69) is 4.90 Å². The maximum atomic E-state index is 12.3. The second-order valence-corrected chi connectivity index (χ2v) is 6.93. The molecule has 8 nitrogen and oxygen atoms in total. The molecule has 2 aromatic rings. The standard InChI is InChI=1S/C20H24N2O6/c23-16(13-25-12-15-3-4-17-19(10-15)28-14-27-17)11-21-5-7-22(8-6-21)20(24)18-2-1-9-26-18/h1-4,9-10,16,23H,5-8,11-14H2. The first-order valence-corrected chi connectivity index (χ1v) is 9.38. The molecule has 2 aliphatic heterocycles. The number of β-amino-alcohol motifs (C(OH)–C–C–N with tert-alkyl or cyclic N) is 1. The lowest BCUT2D eigenvalue weighted by molar-refractivity contribution is 0.00178. The van der Waals surface area contributed by atoms with Crippen LogP contribution >= 0.6 is 0 Å². The van der Waals surface area contributed by atoms with Gasteiger partial charge in [-0.3, -0.25) is 9.69 Å². The van der Waals surface area contributed by atoms with Gasteiger partial charge in [0.2, 0.25) is 6.79 Å². The Balaban J connectivity index is 1.16. The zero-order chi connectivity index (χ0) is 19.3. The minimum atomic E-state index is -0.582. The zero-order valence-corrected chi connectivity index (χ0v) is 15.6. The molecular weight excluding hydrogens is 364 g/mol. The average Bonchev–Trinajstić information content (AvgIpc) is 3.39. The summed E-state index contributed by atoms with van der Waals surface area (Å²) in [5.74, 6) is 1.75. The quantitative estimate of drug-likeness (QED) is 0.766. The highest BCUT2D eigenvalue weighted by molar-refractivity contribution is 5.91. The molecule has 8 heteroatoms. The number of amides is 1. The Morgan fingerprint density at radius 2 is 1.96 bits per heavy atom. The first-order valence-electron chi connectivity index (χ1n) is 9.38. The number of carbonyl (C=O) groups is 1. The Labute approximate surface area is 163 Å². The minimum absolute atomic E-state index is 0.0859. The van der Waals surface area contributed by atoms with E-state index in [4.69, 9.17) is 18.6 Å². The van der Waals surface area contributed by atoms with Crippen LogP contribution in [0, 0.1) is 0 Å². The summed E-state index contributed by atoms with van der Waals surface area (Å²) in [6.07, 6.45) is 0.921. The van der Waals surface area contributed by atoms with Crippen molar-refractivity contribution in [1.29, 1.82) is 0 Å². The Kier molecular flexibility index (Phi) is 5.80. The van der Waals surface area contributed by atoms with E-state index in [1.54, 1.807) is 17.0 Å². The monoisotopic (exact) mass is 388 g/mol. The minimum Gasteiger partial charge on any atom is -0.459 e. The summed E-state index contributed by atoms with van der Waals surface area (Å²) in [5, 5.41) is 10.3. The largest absolute Gasteiger partial charge is 0.459 e. The summed E-state index contributed by atoms with van der Waals surface area (Å²) in [5.41, 5.74) is 0.974. The molecule has 1 aromatic carbocycles. The summed E-state index contributed by atoms with van der Waals surface area (Å²) in [6.45, 7) is 4.08. The molecule has 1 unspecified atom stereocenters. The SMILES string of the molecule is O=C(c1ccco1)N1CCN(CC(O)COCc2ccc3c(c2)OCO3)CC1. The highest BCUT2D eigenvalue weighted by Crippen LogP contribution is 2.32. The number of aliphatic hydroxyl groups excluding tert-OH is 1. The Hall–Kier alpha value is -2.55. The molecule has 1 amide bonds. The molecule has 0 bridgehead atoms. The molecular formula is C20H24N2O6. The number of benzene rings is 1. The molecule has 1 aromatic heterocycles. The summed E-state index contributed by atoms with van der Waals surface area (Å²) >= 11 is 0. The highest BCUT2D eigenvalue weighted by Gasteiger charge is 2.24. The van der Waals surface area contributed by atoms with Gasteiger partial charge in [0.25, 0.3) is 5.91 Å². The van der Waals surface area contributed by atoms with Gasteiger partial charge < -0.3 is 28.6 Å². The van der Waals surface area contributed by atoms with Crippen LogP contribution in [-0.4, -0.2) is 73.0 Å². The Bertz CT molecular complexity index is 786. The van der Waals surface area contributed by atoms with Crippen molar-refractivity contribution in [1.82, 2.24) is 9.80 Å². The number of furan rings is 1. The van der Waals surface area contributed by atoms with Crippen LogP contribution in [0.5, 0.6) is 11.5 Å². The Morgan fingerprint density at radius 1 is 1.14 bits per heavy atom. The normalized spacial score (nSPS) is 17.7. The van der Waals surface area contributed by atoms with Crippen LogP contribution < -0.4 is 9.47 Å². The van der Waals surface area contributed by atoms with Crippen LogP contribution in [0.3, 0.4) is 0 Å². The maximum absolute atomic E-state index is 12.3. The van der Waals surface area contributed by atoms with Crippen molar-refractivity contribution in [3.8, 4) is 11.5 Å². The molecule has 4 rings (SSSR count). The van der Waals surface area contributed by atoms with Crippen molar-refractivity contribution in [2.45, 2.75) is 12.7 Å². The second-order valence-electron chi connectivity index (χ2n) is 6.93. The van der Waals surface area contributed by atoms with Crippen molar-refractivity contribution in [3.63, 3.8) is 0 Å². The smallest absolute Gasteiger partial charge is 0.289 e. The lowest BCUT2D eigenvalue weighted by Crippen LogP contribution is -2.50. The second kappa shape index (κ2) is 8.64. The van der Waals surface area contributed by atoms with Gasteiger partial charge in [-0.25, -0.2) is 0 Å². The van der Waals surface area contributed by atoms with Gasteiger partial charge in [-0.1, -0.05) is 6.07 Å². The molecule has 0 saturated carbocycles. The van der Waals surface area contributed by atoms with Gasteiger partial charge >= 0.3 is 0 Å². The van der Waals surface area contributed by atoms with Crippen LogP contribution in [-0.2, 0) is 11.3 Å². The van der Waals surface area contributed by atoms with Gasteiger partial charge in [0.05, 0.1) is 25.6 Å². The van der Waals surface area contributed by atoms with E-state index in [0.717, 1.165) is 17.1 Å². The van der Waals surface area contributed by atoms with Crippen molar-refractivity contribution in [2.24, 2.45) is 0 Å². The summed E-state index contributed by atoms with van der Waals surface area (Å²) in [4.78, 5) is 16.2. The predicted octanol–water partition coefficient (Wildman–Crippen LogP) is 1.34. The van der Waals surface area contributed by atoms with E-state index in [1.165, 1.54) is 6.26 Å². The van der Waals surface area contributed by atoms with Crippen molar-refractivity contribution in [2.75, 3.05) is 46.1 Å². The lowest BCUT2D eigenvalue weighted by atomic mass is 10.2. The lowest BCUT2D eigenvalue weighted by Gasteiger charge is -2.35. The molecule has 3 heterocycles. The zero-order valence-electron chi connectivity index (χ0n) is 15.6. The van der Waals surface area contributed by atoms with E-state index >= 15 is 0 Å². The van der Waals surface area contributed by atoms with Gasteiger partial charge in [0, 0.05) is 32.7 Å². The molecule has 1 fully saturated rings. The van der Waals surface area contributed by atoms with E-state index < -0.39 is 6.10 Å². The Morgan fingerprint density at radius 3 is 2.75 bits per heavy atom. The molecule has 1 atom stereocenters. The van der Waals surface area contributed by atoms with Crippen LogP contribution in [0.15, 0.2) is 41.0 Å². The number of nitrogens with zero attached hydrogens (tertiary/aromatic N) is 2. The summed E-state index contributed by atoms with van der Waals surface area (Å²) in [6, 6.07) is 9.07. The topological polar surface area (TPSA) is 84.6 Å². The van der Waals surface area contributed by atoms with E-state index in [1.807, 2.05) is 18.2 Å². The van der Waals surface area contributed by atoms with E-state index in [-0.39, 0.29) is 19.3 Å². The molecule has 28 heavy (non-hydrogen) atoms. The number of ether oxygens (including phenoxy) is 3. The molecule has 1 saturated heterocycles. The predicted molar refractivity (Wildman–Crippen MR) is 99.3 cm³/mol. The number of hydrogen-bond acceptors (Lipinski definition) is 7. The van der Waals surface area contributed by atoms with Crippen LogP contribution in [0.4, 0.5) is 0 Å². The van der Waals surface area contributed by atoms with E-state index in [0.29, 0.717) is 45.1 Å². The molecule has 150 valence electrons. The third-order valence-corrected chi connectivity index (χ3v) is 4.88. The van der Waals surface area contributed by atoms with Gasteiger partial charge in [0.15, 0.2) is 17.3 Å². The molecule has 0 spiro atoms. The van der Waals surface area contributed by atoms with Gasteiger partial charge in [-0.05, 0) is 29.8 Å². The number of piperazine rings is 1. The number of rotatable bonds is 7. The van der Waals surface area contributed by atoms with E-state index in [9.17, 15) is 9.90 Å². The van der Waals surface area contributed by atoms with Crippen LogP contribution in [0.1, 0.15) is 16.1 Å². The molecule has 2 aliphatic rings. The van der Waals surface area contributed by atoms with Crippen molar-refractivity contribution in [3.05, 3.63) is 47.9 Å². The fourth-order valence-electron chi connectivity index (χ4n) is 3.38. The summed E-state index contributed by atoms with van der Waals surface area (Å²) in [7, 11) is 0. The number of aliphatic hydroxyl groups is 1. The fourth-order valence-corrected chi connectivity index (χ4v) is 3.38. The summed E-state index contributed by atoms with van der Waals surface area (Å²) < 4.78 is 21.4. The van der Waals surface area contributed by atoms with Gasteiger partial charge in [0.1, 0.15) is 0 Å². The number of hydrogen-bond donors (Lipinski definition) is 1. The first-order chi connectivity index (χ1) is 13.7. The van der Waals surface area contributed by atoms with Crippen molar-refractivity contribution < 1.29 is 28.5 Å². The third kappa shape index (κ3) is 4.46. The van der Waals surface area contributed by atoms with Gasteiger partial charge in [-0.15, -0.1) is 0 Å². The molecule has 0 aliphatic carbocycles. The number of carbonyl (C=O) groups excluding carboxylic acids is 1. The van der Waals surface area contributed by atoms with Gasteiger partial charge in [-0.2, -0.15) is 0 Å². The van der Waals surface area contributed by atoms with Crippen LogP contribution in [0.2, 0.25) is 0 Å². The average molecular weight is 388 g/mol.